The summed E-state index contributed by atoms with van der Waals surface area (Å²) in [6, 6.07) is 16.6. The third-order valence-electron chi connectivity index (χ3n) is 6.21. The summed E-state index contributed by atoms with van der Waals surface area (Å²) in [5.41, 5.74) is 3.58. The Labute approximate surface area is 175 Å². The van der Waals surface area contributed by atoms with Gasteiger partial charge in [-0.05, 0) is 61.8 Å². The Morgan fingerprint density at radius 2 is 1.62 bits per heavy atom. The average Bonchev–Trinajstić information content (AvgIpc) is 2.75. The van der Waals surface area contributed by atoms with Crippen LogP contribution in [0.4, 0.5) is 5.69 Å². The van der Waals surface area contributed by atoms with E-state index >= 15 is 0 Å². The number of ketones is 1. The molecule has 3 rings (SSSR count). The lowest BCUT2D eigenvalue weighted by atomic mass is 9.78. The second kappa shape index (κ2) is 9.10. The van der Waals surface area contributed by atoms with E-state index in [1.165, 1.54) is 5.56 Å². The minimum absolute atomic E-state index is 0.149. The molecule has 2 aromatic carbocycles. The Balaban J connectivity index is 1.93. The lowest BCUT2D eigenvalue weighted by Crippen LogP contribution is -2.48. The number of hydrogen-bond donors (Lipinski definition) is 0. The summed E-state index contributed by atoms with van der Waals surface area (Å²) in [6.07, 6.45) is 0.713. The van der Waals surface area contributed by atoms with Crippen LogP contribution in [0.3, 0.4) is 0 Å². The van der Waals surface area contributed by atoms with E-state index in [9.17, 15) is 4.79 Å². The zero-order valence-corrected chi connectivity index (χ0v) is 18.4. The molecule has 29 heavy (non-hydrogen) atoms. The average molecular weight is 395 g/mol. The third-order valence-corrected chi connectivity index (χ3v) is 6.21. The first-order chi connectivity index (χ1) is 13.9. The smallest absolute Gasteiger partial charge is 0.187 e. The molecule has 1 unspecified atom stereocenters. The van der Waals surface area contributed by atoms with Crippen molar-refractivity contribution in [1.82, 2.24) is 4.90 Å². The molecule has 0 N–H and O–H groups in total. The fourth-order valence-electron chi connectivity index (χ4n) is 4.30. The van der Waals surface area contributed by atoms with Crippen molar-refractivity contribution in [3.8, 4) is 0 Å². The third kappa shape index (κ3) is 4.24. The van der Waals surface area contributed by atoms with E-state index < -0.39 is 5.54 Å². The number of nitrogens with zero attached hydrogens (tertiary/aromatic N) is 2. The first-order valence-corrected chi connectivity index (χ1v) is 10.7. The van der Waals surface area contributed by atoms with Crippen LogP contribution in [0.2, 0.25) is 0 Å². The van der Waals surface area contributed by atoms with Crippen LogP contribution in [0, 0.1) is 0 Å². The number of Topliss-reactive ketones (excluding diaryl/α,β-unsaturated/α-hetero) is 1. The van der Waals surface area contributed by atoms with Gasteiger partial charge in [0.05, 0.1) is 13.2 Å². The SMILES string of the molecule is CCC(C(=O)c1ccc(N2CCOCC2)cc1)(c1ccc(C(C)C)cc1)N(C)C. The molecule has 1 heterocycles. The molecule has 0 aliphatic carbocycles. The van der Waals surface area contributed by atoms with Crippen LogP contribution >= 0.6 is 0 Å². The van der Waals surface area contributed by atoms with Crippen LogP contribution in [0.15, 0.2) is 48.5 Å². The molecule has 156 valence electrons. The quantitative estimate of drug-likeness (QED) is 0.638. The summed E-state index contributed by atoms with van der Waals surface area (Å²) in [5.74, 6) is 0.624. The van der Waals surface area contributed by atoms with Gasteiger partial charge >= 0.3 is 0 Å². The van der Waals surface area contributed by atoms with Crippen molar-refractivity contribution >= 4 is 11.5 Å². The van der Waals surface area contributed by atoms with Crippen molar-refractivity contribution in [3.63, 3.8) is 0 Å². The van der Waals surface area contributed by atoms with Crippen molar-refractivity contribution in [2.45, 2.75) is 38.6 Å². The van der Waals surface area contributed by atoms with Crippen molar-refractivity contribution in [2.75, 3.05) is 45.3 Å². The summed E-state index contributed by atoms with van der Waals surface area (Å²) in [5, 5.41) is 0. The number of carbonyl (C=O) groups excluding carboxylic acids is 1. The Hall–Kier alpha value is -2.17. The summed E-state index contributed by atoms with van der Waals surface area (Å²) in [6.45, 7) is 9.78. The molecule has 1 saturated heterocycles. The van der Waals surface area contributed by atoms with Crippen LogP contribution < -0.4 is 4.90 Å². The summed E-state index contributed by atoms with van der Waals surface area (Å²) < 4.78 is 5.44. The number of ether oxygens (including phenoxy) is 1. The van der Waals surface area contributed by atoms with Crippen LogP contribution in [0.1, 0.15) is 54.6 Å². The molecule has 0 amide bonds. The molecule has 0 saturated carbocycles. The fourth-order valence-corrected chi connectivity index (χ4v) is 4.30. The molecule has 2 aromatic rings. The highest BCUT2D eigenvalue weighted by Crippen LogP contribution is 2.35. The molecule has 0 aromatic heterocycles. The van der Waals surface area contributed by atoms with Gasteiger partial charge in [-0.1, -0.05) is 45.0 Å². The number of hydrogen-bond acceptors (Lipinski definition) is 4. The van der Waals surface area contributed by atoms with E-state index in [-0.39, 0.29) is 5.78 Å². The van der Waals surface area contributed by atoms with E-state index in [0.29, 0.717) is 12.3 Å². The van der Waals surface area contributed by atoms with E-state index in [2.05, 4.69) is 67.0 Å². The van der Waals surface area contributed by atoms with Gasteiger partial charge < -0.3 is 9.64 Å². The Kier molecular flexibility index (Phi) is 6.76. The van der Waals surface area contributed by atoms with Gasteiger partial charge in [0, 0.05) is 24.3 Å². The topological polar surface area (TPSA) is 32.8 Å². The van der Waals surface area contributed by atoms with Crippen LogP contribution in [0.5, 0.6) is 0 Å². The van der Waals surface area contributed by atoms with Crippen molar-refractivity contribution in [1.29, 1.82) is 0 Å². The molecule has 4 heteroatoms. The maximum Gasteiger partial charge on any atom is 0.187 e. The van der Waals surface area contributed by atoms with Crippen LogP contribution in [-0.4, -0.2) is 51.1 Å². The first-order valence-electron chi connectivity index (χ1n) is 10.7. The van der Waals surface area contributed by atoms with Gasteiger partial charge in [-0.2, -0.15) is 0 Å². The zero-order chi connectivity index (χ0) is 21.0. The summed E-state index contributed by atoms with van der Waals surface area (Å²) >= 11 is 0. The highest BCUT2D eigenvalue weighted by Gasteiger charge is 2.41. The van der Waals surface area contributed by atoms with Crippen molar-refractivity contribution in [3.05, 3.63) is 65.2 Å². The molecule has 0 bridgehead atoms. The standard InChI is InChI=1S/C25H34N2O2/c1-6-25(26(4)5,22-11-7-20(8-12-22)19(2)3)24(28)21-9-13-23(14-10-21)27-15-17-29-18-16-27/h7-14,19H,6,15-18H2,1-5H3. The molecule has 0 radical (unpaired) electrons. The molecule has 1 aliphatic heterocycles. The monoisotopic (exact) mass is 394 g/mol. The van der Waals surface area contributed by atoms with Crippen molar-refractivity contribution < 1.29 is 9.53 Å². The van der Waals surface area contributed by atoms with E-state index in [0.717, 1.165) is 43.1 Å². The highest BCUT2D eigenvalue weighted by atomic mass is 16.5. The summed E-state index contributed by atoms with van der Waals surface area (Å²) in [7, 11) is 4.00. The number of morpholine rings is 1. The molecule has 1 aliphatic rings. The second-order valence-corrected chi connectivity index (χ2v) is 8.36. The maximum atomic E-state index is 13.8. The Morgan fingerprint density at radius 1 is 1.03 bits per heavy atom. The predicted molar refractivity (Wildman–Crippen MR) is 120 cm³/mol. The normalized spacial score (nSPS) is 16.9. The minimum Gasteiger partial charge on any atom is -0.378 e. The van der Waals surface area contributed by atoms with E-state index in [1.54, 1.807) is 0 Å². The van der Waals surface area contributed by atoms with Gasteiger partial charge in [0.15, 0.2) is 5.78 Å². The van der Waals surface area contributed by atoms with Crippen LogP contribution in [0.25, 0.3) is 0 Å². The van der Waals surface area contributed by atoms with Crippen LogP contribution in [-0.2, 0) is 10.3 Å². The molecule has 4 nitrogen and oxygen atoms in total. The van der Waals surface area contributed by atoms with Gasteiger partial charge in [0.1, 0.15) is 5.54 Å². The number of carbonyl (C=O) groups is 1. The van der Waals surface area contributed by atoms with E-state index in [4.69, 9.17) is 4.74 Å². The second-order valence-electron chi connectivity index (χ2n) is 8.36. The largest absolute Gasteiger partial charge is 0.378 e. The first kappa shape index (κ1) is 21.5. The van der Waals surface area contributed by atoms with Gasteiger partial charge in [-0.15, -0.1) is 0 Å². The molecule has 0 spiro atoms. The van der Waals surface area contributed by atoms with Crippen molar-refractivity contribution in [2.24, 2.45) is 0 Å². The van der Waals surface area contributed by atoms with E-state index in [1.807, 2.05) is 26.2 Å². The number of likely N-dealkylation sites (N-methyl/N-ethyl adjacent to an activating group) is 1. The Bertz CT molecular complexity index is 806. The molecule has 1 atom stereocenters. The number of benzene rings is 2. The molecular weight excluding hydrogens is 360 g/mol. The highest BCUT2D eigenvalue weighted by molar-refractivity contribution is 6.04. The van der Waals surface area contributed by atoms with Gasteiger partial charge in [-0.3, -0.25) is 9.69 Å². The van der Waals surface area contributed by atoms with Gasteiger partial charge in [0.25, 0.3) is 0 Å². The lowest BCUT2D eigenvalue weighted by molar-refractivity contribution is 0.0660. The molecular formula is C25H34N2O2. The van der Waals surface area contributed by atoms with Gasteiger partial charge in [-0.25, -0.2) is 0 Å². The minimum atomic E-state index is -0.671. The maximum absolute atomic E-state index is 13.8. The Morgan fingerprint density at radius 3 is 2.10 bits per heavy atom. The summed E-state index contributed by atoms with van der Waals surface area (Å²) in [4.78, 5) is 18.1. The number of rotatable bonds is 7. The number of anilines is 1. The fraction of sp³-hybridized carbons (Fsp3) is 0.480. The lowest BCUT2D eigenvalue weighted by Gasteiger charge is -2.38. The zero-order valence-electron chi connectivity index (χ0n) is 18.4. The molecule has 1 fully saturated rings. The van der Waals surface area contributed by atoms with Gasteiger partial charge in [0.2, 0.25) is 0 Å². The predicted octanol–water partition coefficient (Wildman–Crippen LogP) is 4.70.